The molecule has 9 heteroatoms. The topological polar surface area (TPSA) is 90.0 Å². The van der Waals surface area contributed by atoms with Gasteiger partial charge in [-0.05, 0) is 70.1 Å². The smallest absolute Gasteiger partial charge is 0.331 e. The Morgan fingerprint density at radius 1 is 1.36 bits per heavy atom. The van der Waals surface area contributed by atoms with Crippen molar-refractivity contribution in [2.24, 2.45) is 0 Å². The Labute approximate surface area is 197 Å². The summed E-state index contributed by atoms with van der Waals surface area (Å²) in [5.41, 5.74) is 3.12. The number of hydrogen-bond donors (Lipinski definition) is 3. The zero-order chi connectivity index (χ0) is 23.1. The second kappa shape index (κ2) is 8.90. The molecular weight excluding hydrogens is 438 g/mol. The van der Waals surface area contributed by atoms with E-state index in [0.717, 1.165) is 58.8 Å². The van der Waals surface area contributed by atoms with Gasteiger partial charge in [-0.25, -0.2) is 9.78 Å². The highest BCUT2D eigenvalue weighted by Crippen LogP contribution is 2.47. The third-order valence-corrected chi connectivity index (χ3v) is 7.41. The number of anilines is 3. The number of rotatable bonds is 6. The summed E-state index contributed by atoms with van der Waals surface area (Å²) < 4.78 is 5.60. The van der Waals surface area contributed by atoms with Crippen LogP contribution >= 0.6 is 11.3 Å². The highest BCUT2D eigenvalue weighted by molar-refractivity contribution is 7.19. The maximum absolute atomic E-state index is 13.3. The summed E-state index contributed by atoms with van der Waals surface area (Å²) >= 11 is 1.41. The van der Waals surface area contributed by atoms with Crippen LogP contribution in [0.2, 0.25) is 0 Å². The SMILES string of the molecule is CCOc1ccc(N2C(=O)Nc3c(C(O)N[C@@H]4CCCN(C)C4)sc4nccc2c34)c(C)c1. The number of aliphatic hydroxyl groups excluding tert-OH is 1. The van der Waals surface area contributed by atoms with Crippen molar-refractivity contribution >= 4 is 44.6 Å². The summed E-state index contributed by atoms with van der Waals surface area (Å²) in [6, 6.07) is 7.51. The van der Waals surface area contributed by atoms with Crippen LogP contribution in [0.25, 0.3) is 10.2 Å². The molecule has 1 saturated heterocycles. The first-order valence-electron chi connectivity index (χ1n) is 11.3. The van der Waals surface area contributed by atoms with E-state index >= 15 is 0 Å². The van der Waals surface area contributed by atoms with Gasteiger partial charge in [0, 0.05) is 18.8 Å². The third kappa shape index (κ3) is 4.06. The number of thiophene rings is 1. The van der Waals surface area contributed by atoms with Gasteiger partial charge in [-0.3, -0.25) is 10.2 Å². The van der Waals surface area contributed by atoms with E-state index in [4.69, 9.17) is 4.74 Å². The van der Waals surface area contributed by atoms with Gasteiger partial charge in [-0.15, -0.1) is 11.3 Å². The Kier molecular flexibility index (Phi) is 5.96. The number of hydrogen-bond acceptors (Lipinski definition) is 7. The van der Waals surface area contributed by atoms with Crippen LogP contribution in [0.3, 0.4) is 0 Å². The number of aromatic nitrogens is 1. The normalized spacial score (nSPS) is 19.6. The summed E-state index contributed by atoms with van der Waals surface area (Å²) in [5.74, 6) is 0.775. The molecular formula is C24H29N5O3S. The molecule has 1 unspecified atom stereocenters. The zero-order valence-corrected chi connectivity index (χ0v) is 19.9. The van der Waals surface area contributed by atoms with Crippen LogP contribution in [-0.4, -0.2) is 53.8 Å². The van der Waals surface area contributed by atoms with Crippen molar-refractivity contribution in [1.82, 2.24) is 15.2 Å². The Morgan fingerprint density at radius 3 is 2.97 bits per heavy atom. The minimum atomic E-state index is -0.873. The van der Waals surface area contributed by atoms with Crippen molar-refractivity contribution in [3.63, 3.8) is 0 Å². The minimum Gasteiger partial charge on any atom is -0.494 e. The lowest BCUT2D eigenvalue weighted by Gasteiger charge is -2.32. The number of aryl methyl sites for hydroxylation is 1. The molecule has 33 heavy (non-hydrogen) atoms. The molecule has 5 rings (SSSR count). The molecule has 3 aromatic rings. The van der Waals surface area contributed by atoms with Crippen LogP contribution in [0.5, 0.6) is 5.75 Å². The molecule has 0 aliphatic carbocycles. The fourth-order valence-corrected chi connectivity index (χ4v) is 5.84. The van der Waals surface area contributed by atoms with Gasteiger partial charge in [-0.2, -0.15) is 0 Å². The molecule has 2 aliphatic heterocycles. The largest absolute Gasteiger partial charge is 0.494 e. The number of pyridine rings is 1. The quantitative estimate of drug-likeness (QED) is 0.467. The predicted octanol–water partition coefficient (Wildman–Crippen LogP) is 4.36. The summed E-state index contributed by atoms with van der Waals surface area (Å²) in [5, 5.41) is 18.3. The van der Waals surface area contributed by atoms with E-state index in [9.17, 15) is 9.90 Å². The van der Waals surface area contributed by atoms with Gasteiger partial charge in [-0.1, -0.05) is 0 Å². The van der Waals surface area contributed by atoms with Gasteiger partial charge < -0.3 is 20.1 Å². The first kappa shape index (κ1) is 22.1. The number of likely N-dealkylation sites (N-methyl/N-ethyl adjacent to an activating group) is 1. The molecule has 1 fully saturated rings. The lowest BCUT2D eigenvalue weighted by molar-refractivity contribution is 0.103. The van der Waals surface area contributed by atoms with E-state index in [1.165, 1.54) is 11.3 Å². The predicted molar refractivity (Wildman–Crippen MR) is 132 cm³/mol. The molecule has 0 spiro atoms. The van der Waals surface area contributed by atoms with Gasteiger partial charge in [0.15, 0.2) is 0 Å². The van der Waals surface area contributed by atoms with E-state index in [-0.39, 0.29) is 12.1 Å². The monoisotopic (exact) mass is 467 g/mol. The van der Waals surface area contributed by atoms with Crippen LogP contribution in [0.15, 0.2) is 30.5 Å². The Bertz CT molecular complexity index is 1200. The van der Waals surface area contributed by atoms with Crippen molar-refractivity contribution < 1.29 is 14.6 Å². The number of benzene rings is 1. The number of nitrogens with zero attached hydrogens (tertiary/aromatic N) is 3. The molecule has 2 atom stereocenters. The van der Waals surface area contributed by atoms with Crippen molar-refractivity contribution in [3.8, 4) is 5.75 Å². The molecule has 2 aromatic heterocycles. The summed E-state index contributed by atoms with van der Waals surface area (Å²) in [4.78, 5) is 23.3. The highest BCUT2D eigenvalue weighted by atomic mass is 32.1. The van der Waals surface area contributed by atoms with Crippen LogP contribution in [0, 0.1) is 6.92 Å². The minimum absolute atomic E-state index is 0.200. The molecule has 2 amide bonds. The number of carbonyl (C=O) groups excluding carboxylic acids is 1. The Hall–Kier alpha value is -2.72. The van der Waals surface area contributed by atoms with Crippen molar-refractivity contribution in [3.05, 3.63) is 40.9 Å². The van der Waals surface area contributed by atoms with Gasteiger partial charge in [0.05, 0.1) is 33.9 Å². The average molecular weight is 468 g/mol. The van der Waals surface area contributed by atoms with Gasteiger partial charge in [0.2, 0.25) is 0 Å². The Morgan fingerprint density at radius 2 is 2.21 bits per heavy atom. The number of aliphatic hydroxyl groups is 1. The van der Waals surface area contributed by atoms with Gasteiger partial charge in [0.1, 0.15) is 16.8 Å². The number of amides is 2. The lowest BCUT2D eigenvalue weighted by Crippen LogP contribution is -2.45. The third-order valence-electron chi connectivity index (χ3n) is 6.26. The van der Waals surface area contributed by atoms with E-state index in [1.54, 1.807) is 11.1 Å². The highest BCUT2D eigenvalue weighted by Gasteiger charge is 2.34. The molecule has 2 aliphatic rings. The maximum atomic E-state index is 13.3. The fraction of sp³-hybridized carbons (Fsp3) is 0.417. The first-order chi connectivity index (χ1) is 16.0. The van der Waals surface area contributed by atoms with E-state index in [0.29, 0.717) is 17.2 Å². The summed E-state index contributed by atoms with van der Waals surface area (Å²) in [6.45, 7) is 6.46. The second-order valence-electron chi connectivity index (χ2n) is 8.67. The van der Waals surface area contributed by atoms with Crippen LogP contribution in [-0.2, 0) is 0 Å². The van der Waals surface area contributed by atoms with Crippen LogP contribution in [0.1, 0.15) is 36.4 Å². The molecule has 3 N–H and O–H groups in total. The zero-order valence-electron chi connectivity index (χ0n) is 19.1. The number of likely N-dealkylation sites (tertiary alicyclic amines) is 1. The van der Waals surface area contributed by atoms with Crippen LogP contribution in [0.4, 0.5) is 21.9 Å². The van der Waals surface area contributed by atoms with Crippen molar-refractivity contribution in [1.29, 1.82) is 0 Å². The van der Waals surface area contributed by atoms with Crippen molar-refractivity contribution in [2.45, 2.75) is 39.0 Å². The summed E-state index contributed by atoms with van der Waals surface area (Å²) in [6.07, 6.45) is 2.96. The molecule has 4 heterocycles. The maximum Gasteiger partial charge on any atom is 0.331 e. The molecule has 0 bridgehead atoms. The second-order valence-corrected chi connectivity index (χ2v) is 9.70. The average Bonchev–Trinajstić information content (AvgIpc) is 3.15. The van der Waals surface area contributed by atoms with Gasteiger partial charge in [0.25, 0.3) is 0 Å². The van der Waals surface area contributed by atoms with Gasteiger partial charge >= 0.3 is 6.03 Å². The van der Waals surface area contributed by atoms with E-state index < -0.39 is 6.23 Å². The Balaban J connectivity index is 1.52. The van der Waals surface area contributed by atoms with E-state index in [1.807, 2.05) is 38.1 Å². The first-order valence-corrected chi connectivity index (χ1v) is 12.2. The molecule has 174 valence electrons. The summed E-state index contributed by atoms with van der Waals surface area (Å²) in [7, 11) is 2.09. The number of nitrogens with one attached hydrogen (secondary N) is 2. The molecule has 0 radical (unpaired) electrons. The van der Waals surface area contributed by atoms with Crippen LogP contribution < -0.4 is 20.3 Å². The molecule has 0 saturated carbocycles. The van der Waals surface area contributed by atoms with E-state index in [2.05, 4.69) is 27.6 Å². The standard InChI is InChI=1S/C24H29N5O3S/c1-4-32-16-7-8-17(14(2)12-16)29-18-9-10-25-23-19(18)20(27-24(29)31)21(33-23)22(30)26-15-6-5-11-28(3)13-15/h7-10,12,15,22,26,30H,4-6,11,13H2,1-3H3,(H,27,31)/t15-,22?/m1/s1. The fourth-order valence-electron chi connectivity index (χ4n) is 4.77. The molecule has 1 aromatic carbocycles. The number of urea groups is 1. The number of piperidine rings is 1. The lowest BCUT2D eigenvalue weighted by atomic mass is 10.1. The van der Waals surface area contributed by atoms with Crippen molar-refractivity contribution in [2.75, 3.05) is 37.0 Å². The number of ether oxygens (including phenoxy) is 1. The number of carbonyl (C=O) groups is 1. The molecule has 8 nitrogen and oxygen atoms in total.